The van der Waals surface area contributed by atoms with Gasteiger partial charge >= 0.3 is 7.12 Å². The summed E-state index contributed by atoms with van der Waals surface area (Å²) in [5, 5.41) is 9.55. The first-order valence-corrected chi connectivity index (χ1v) is 8.67. The van der Waals surface area contributed by atoms with E-state index < -0.39 is 7.12 Å². The van der Waals surface area contributed by atoms with Gasteiger partial charge < -0.3 is 19.2 Å². The number of allylic oxidation sites excluding steroid dienone is 1. The Bertz CT molecular complexity index is 798. The maximum atomic E-state index is 9.55. The highest BCUT2D eigenvalue weighted by atomic mass is 16.5. The van der Waals surface area contributed by atoms with Crippen LogP contribution in [0.2, 0.25) is 6.32 Å². The summed E-state index contributed by atoms with van der Waals surface area (Å²) in [5.41, 5.74) is 4.24. The molecule has 2 aromatic rings. The number of methoxy groups -OCH3 is 1. The molecular weight excluding hydrogens is 315 g/mol. The lowest BCUT2D eigenvalue weighted by Crippen LogP contribution is -2.08. The van der Waals surface area contributed by atoms with Crippen LogP contribution in [0.15, 0.2) is 48.7 Å². The van der Waals surface area contributed by atoms with E-state index in [1.54, 1.807) is 13.4 Å². The van der Waals surface area contributed by atoms with Crippen LogP contribution in [-0.4, -0.2) is 25.9 Å². The molecule has 1 aliphatic carbocycles. The molecule has 0 atom stereocenters. The van der Waals surface area contributed by atoms with Gasteiger partial charge in [0.15, 0.2) is 11.5 Å². The lowest BCUT2D eigenvalue weighted by atomic mass is 9.81. The molecule has 128 valence electrons. The van der Waals surface area contributed by atoms with Crippen molar-refractivity contribution in [3.8, 4) is 22.6 Å². The summed E-state index contributed by atoms with van der Waals surface area (Å²) in [7, 11) is 0.930. The summed E-state index contributed by atoms with van der Waals surface area (Å²) in [6.07, 6.45) is 4.67. The van der Waals surface area contributed by atoms with Crippen LogP contribution in [0.25, 0.3) is 16.7 Å². The average Bonchev–Trinajstić information content (AvgIpc) is 3.38. The van der Waals surface area contributed by atoms with Gasteiger partial charge in [0, 0.05) is 6.32 Å². The van der Waals surface area contributed by atoms with Gasteiger partial charge in [0.2, 0.25) is 0 Å². The number of hydrogen-bond donors (Lipinski definition) is 1. The summed E-state index contributed by atoms with van der Waals surface area (Å²) < 4.78 is 16.5. The molecule has 0 bridgehead atoms. The Hall–Kier alpha value is -2.40. The summed E-state index contributed by atoms with van der Waals surface area (Å²) in [5.74, 6) is 2.24. The minimum atomic E-state index is -0.734. The second-order valence-corrected chi connectivity index (χ2v) is 6.64. The largest absolute Gasteiger partial charge is 0.542 e. The quantitative estimate of drug-likeness (QED) is 0.810. The monoisotopic (exact) mass is 336 g/mol. The van der Waals surface area contributed by atoms with Crippen molar-refractivity contribution in [1.82, 2.24) is 0 Å². The molecule has 0 saturated heterocycles. The van der Waals surface area contributed by atoms with Crippen molar-refractivity contribution < 1.29 is 19.2 Å². The highest BCUT2D eigenvalue weighted by molar-refractivity contribution is 6.47. The second kappa shape index (κ2) is 6.85. The molecule has 0 radical (unpaired) electrons. The third-order valence-electron chi connectivity index (χ3n) is 4.66. The van der Waals surface area contributed by atoms with Gasteiger partial charge in [-0.3, -0.25) is 0 Å². The summed E-state index contributed by atoms with van der Waals surface area (Å²) >= 11 is 0. The van der Waals surface area contributed by atoms with Crippen molar-refractivity contribution >= 4 is 12.7 Å². The molecule has 1 aliphatic heterocycles. The van der Waals surface area contributed by atoms with Gasteiger partial charge in [0.25, 0.3) is 0 Å². The topological polar surface area (TPSA) is 47.9 Å². The van der Waals surface area contributed by atoms with Crippen LogP contribution < -0.4 is 9.47 Å². The fourth-order valence-corrected chi connectivity index (χ4v) is 2.99. The highest BCUT2D eigenvalue weighted by Gasteiger charge is 2.24. The minimum Gasteiger partial charge on any atom is -0.542 e. The SMILES string of the molecule is COc1ccc(-c2cccc(C3=COB(O)C3)c2)cc1OCC1CC1. The van der Waals surface area contributed by atoms with E-state index >= 15 is 0 Å². The van der Waals surface area contributed by atoms with E-state index in [0.29, 0.717) is 12.2 Å². The fourth-order valence-electron chi connectivity index (χ4n) is 2.99. The van der Waals surface area contributed by atoms with E-state index in [2.05, 4.69) is 12.1 Å². The van der Waals surface area contributed by atoms with E-state index in [-0.39, 0.29) is 0 Å². The van der Waals surface area contributed by atoms with Crippen LogP contribution in [0.5, 0.6) is 11.5 Å². The first kappa shape index (κ1) is 16.1. The smallest absolute Gasteiger partial charge is 0.526 e. The molecule has 2 aromatic carbocycles. The van der Waals surface area contributed by atoms with Crippen molar-refractivity contribution in [1.29, 1.82) is 0 Å². The van der Waals surface area contributed by atoms with E-state index in [1.165, 1.54) is 12.8 Å². The molecule has 5 heteroatoms. The maximum absolute atomic E-state index is 9.55. The second-order valence-electron chi connectivity index (χ2n) is 6.64. The zero-order chi connectivity index (χ0) is 17.2. The molecule has 0 unspecified atom stereocenters. The molecule has 25 heavy (non-hydrogen) atoms. The van der Waals surface area contributed by atoms with Crippen molar-refractivity contribution in [2.45, 2.75) is 19.2 Å². The van der Waals surface area contributed by atoms with Crippen LogP contribution in [0.3, 0.4) is 0 Å². The van der Waals surface area contributed by atoms with Gasteiger partial charge in [0.05, 0.1) is 20.0 Å². The predicted octanol–water partition coefficient (Wildman–Crippen LogP) is 4.00. The average molecular weight is 336 g/mol. The zero-order valence-corrected chi connectivity index (χ0v) is 14.3. The Morgan fingerprint density at radius 3 is 2.60 bits per heavy atom. The highest BCUT2D eigenvalue weighted by Crippen LogP contribution is 2.36. The lowest BCUT2D eigenvalue weighted by Gasteiger charge is -2.13. The summed E-state index contributed by atoms with van der Waals surface area (Å²) in [4.78, 5) is 0. The van der Waals surface area contributed by atoms with Gasteiger partial charge in [0.1, 0.15) is 0 Å². The van der Waals surface area contributed by atoms with E-state index in [0.717, 1.165) is 40.4 Å². The van der Waals surface area contributed by atoms with Gasteiger partial charge in [-0.25, -0.2) is 0 Å². The molecular formula is C20H21BO4. The van der Waals surface area contributed by atoms with Crippen molar-refractivity contribution in [2.75, 3.05) is 13.7 Å². The molecule has 1 saturated carbocycles. The van der Waals surface area contributed by atoms with E-state index in [1.807, 2.05) is 30.3 Å². The molecule has 0 amide bonds. The van der Waals surface area contributed by atoms with Crippen LogP contribution in [0.4, 0.5) is 0 Å². The van der Waals surface area contributed by atoms with Crippen molar-refractivity contribution in [2.24, 2.45) is 5.92 Å². The fraction of sp³-hybridized carbons (Fsp3) is 0.300. The number of hydrogen-bond acceptors (Lipinski definition) is 4. The van der Waals surface area contributed by atoms with Gasteiger partial charge in [-0.05, 0) is 59.2 Å². The van der Waals surface area contributed by atoms with Crippen LogP contribution in [0, 0.1) is 5.92 Å². The van der Waals surface area contributed by atoms with E-state index in [4.69, 9.17) is 14.1 Å². The molecule has 4 rings (SSSR count). The lowest BCUT2D eigenvalue weighted by molar-refractivity contribution is 0.280. The summed E-state index contributed by atoms with van der Waals surface area (Å²) in [6.45, 7) is 0.752. The van der Waals surface area contributed by atoms with Crippen LogP contribution >= 0.6 is 0 Å². The van der Waals surface area contributed by atoms with E-state index in [9.17, 15) is 5.02 Å². The zero-order valence-electron chi connectivity index (χ0n) is 14.3. The van der Waals surface area contributed by atoms with Gasteiger partial charge in [-0.2, -0.15) is 0 Å². The standard InChI is InChI=1S/C20H21BO4/c1-23-19-8-7-17(10-20(19)24-12-14-5-6-14)15-3-2-4-16(9-15)18-11-21(22)25-13-18/h2-4,7-10,13-14,22H,5-6,11-12H2,1H3. The molecule has 2 aliphatic rings. The van der Waals surface area contributed by atoms with Crippen molar-refractivity contribution in [3.63, 3.8) is 0 Å². The molecule has 4 nitrogen and oxygen atoms in total. The Morgan fingerprint density at radius 2 is 1.88 bits per heavy atom. The Balaban J connectivity index is 1.61. The Kier molecular flexibility index (Phi) is 4.41. The first-order chi connectivity index (χ1) is 12.2. The number of ether oxygens (including phenoxy) is 2. The van der Waals surface area contributed by atoms with Gasteiger partial charge in [-0.15, -0.1) is 0 Å². The Morgan fingerprint density at radius 1 is 1.08 bits per heavy atom. The number of rotatable bonds is 6. The molecule has 0 spiro atoms. The molecule has 1 fully saturated rings. The summed E-state index contributed by atoms with van der Waals surface area (Å²) in [6, 6.07) is 14.3. The molecule has 1 N–H and O–H groups in total. The maximum Gasteiger partial charge on any atom is 0.526 e. The first-order valence-electron chi connectivity index (χ1n) is 8.67. The van der Waals surface area contributed by atoms with Crippen LogP contribution in [-0.2, 0) is 4.65 Å². The Labute approximate surface area is 148 Å². The number of benzene rings is 2. The normalized spacial score (nSPS) is 16.4. The third-order valence-corrected chi connectivity index (χ3v) is 4.66. The predicted molar refractivity (Wildman–Crippen MR) is 98.5 cm³/mol. The van der Waals surface area contributed by atoms with Crippen molar-refractivity contribution in [3.05, 3.63) is 54.3 Å². The van der Waals surface area contributed by atoms with Crippen LogP contribution in [0.1, 0.15) is 18.4 Å². The molecule has 0 aromatic heterocycles. The van der Waals surface area contributed by atoms with Gasteiger partial charge in [-0.1, -0.05) is 24.3 Å². The molecule has 1 heterocycles. The third kappa shape index (κ3) is 3.66. The minimum absolute atomic E-state index is 0.516.